The van der Waals surface area contributed by atoms with Crippen molar-refractivity contribution in [2.24, 2.45) is 17.6 Å². The van der Waals surface area contributed by atoms with E-state index in [1.807, 2.05) is 14.1 Å². The first kappa shape index (κ1) is 15.0. The smallest absolute Gasteiger partial charge is 0.405 e. The summed E-state index contributed by atoms with van der Waals surface area (Å²) in [5.74, 6) is 0.446. The summed E-state index contributed by atoms with van der Waals surface area (Å²) in [4.78, 5) is 24.3. The van der Waals surface area contributed by atoms with E-state index < -0.39 is 11.7 Å². The van der Waals surface area contributed by atoms with Gasteiger partial charge in [-0.3, -0.25) is 0 Å². The normalized spacial score (nSPS) is 19.4. The van der Waals surface area contributed by atoms with Gasteiger partial charge in [-0.05, 0) is 53.1 Å². The number of hydrogen-bond acceptors (Lipinski definition) is 4. The van der Waals surface area contributed by atoms with Crippen LogP contribution in [0, 0.1) is 11.8 Å². The highest BCUT2D eigenvalue weighted by molar-refractivity contribution is 5.65. The average Bonchev–Trinajstić information content (AvgIpc) is 2.97. The van der Waals surface area contributed by atoms with Crippen molar-refractivity contribution in [2.45, 2.75) is 44.8 Å². The third-order valence-corrected chi connectivity index (χ3v) is 3.42. The minimum absolute atomic E-state index is 0.137. The number of nitrogens with two attached hydrogens (primary N) is 1. The van der Waals surface area contributed by atoms with Gasteiger partial charge in [-0.2, -0.15) is 0 Å². The molecule has 1 aliphatic carbocycles. The fraction of sp³-hybridized carbons (Fsp3) is 0.846. The van der Waals surface area contributed by atoms with Gasteiger partial charge in [0.15, 0.2) is 0 Å². The number of nitrogens with zero attached hydrogens (tertiary/aromatic N) is 1. The Balaban J connectivity index is 2.70. The van der Waals surface area contributed by atoms with Crippen molar-refractivity contribution in [3.8, 4) is 0 Å². The SMILES string of the molecule is CN(C)[C@H](C(C=O)CC(C)(C)OC(N)=O)C1CC1. The molecular weight excluding hydrogens is 232 g/mol. The summed E-state index contributed by atoms with van der Waals surface area (Å²) in [6, 6.07) is 0.221. The van der Waals surface area contributed by atoms with Crippen LogP contribution in [0.25, 0.3) is 0 Å². The number of hydrogen-bond donors (Lipinski definition) is 1. The van der Waals surface area contributed by atoms with E-state index in [9.17, 15) is 9.59 Å². The first-order valence-corrected chi connectivity index (χ1v) is 6.37. The van der Waals surface area contributed by atoms with Crippen LogP contribution in [0.15, 0.2) is 0 Å². The third kappa shape index (κ3) is 4.29. The zero-order valence-electron chi connectivity index (χ0n) is 11.7. The van der Waals surface area contributed by atoms with Crippen LogP contribution in [0.2, 0.25) is 0 Å². The molecule has 5 nitrogen and oxygen atoms in total. The van der Waals surface area contributed by atoms with Crippen LogP contribution in [0.3, 0.4) is 0 Å². The lowest BCUT2D eigenvalue weighted by Crippen LogP contribution is -2.43. The lowest BCUT2D eigenvalue weighted by Gasteiger charge is -2.34. The fourth-order valence-electron chi connectivity index (χ4n) is 2.72. The summed E-state index contributed by atoms with van der Waals surface area (Å²) in [6.07, 6.45) is 3.03. The Kier molecular flexibility index (Phi) is 4.73. The van der Waals surface area contributed by atoms with Crippen LogP contribution in [0.1, 0.15) is 33.1 Å². The molecule has 0 saturated heterocycles. The molecule has 104 valence electrons. The second kappa shape index (κ2) is 5.69. The summed E-state index contributed by atoms with van der Waals surface area (Å²) >= 11 is 0. The summed E-state index contributed by atoms with van der Waals surface area (Å²) < 4.78 is 5.06. The minimum atomic E-state index is -0.794. The van der Waals surface area contributed by atoms with Gasteiger partial charge in [-0.25, -0.2) is 4.79 Å². The van der Waals surface area contributed by atoms with Crippen LogP contribution >= 0.6 is 0 Å². The molecule has 0 heterocycles. The first-order valence-electron chi connectivity index (χ1n) is 6.37. The van der Waals surface area contributed by atoms with Crippen LogP contribution in [0.4, 0.5) is 4.79 Å². The molecule has 1 aliphatic rings. The molecule has 0 bridgehead atoms. The van der Waals surface area contributed by atoms with Crippen molar-refractivity contribution >= 4 is 12.4 Å². The van der Waals surface area contributed by atoms with Crippen molar-refractivity contribution in [3.05, 3.63) is 0 Å². The predicted octanol–water partition coefficient (Wildman–Crippen LogP) is 1.41. The Bertz CT molecular complexity index is 309. The maximum atomic E-state index is 11.3. The second-order valence-electron chi connectivity index (χ2n) is 5.98. The highest BCUT2D eigenvalue weighted by Crippen LogP contribution is 2.39. The number of carbonyl (C=O) groups is 2. The Labute approximate surface area is 109 Å². The standard InChI is InChI=1S/C13H24N2O3/c1-13(2,18-12(14)17)7-10(8-16)11(15(3)4)9-5-6-9/h8-11H,5-7H2,1-4H3,(H2,14,17)/t10?,11-/m0/s1. The van der Waals surface area contributed by atoms with E-state index >= 15 is 0 Å². The number of amides is 1. The monoisotopic (exact) mass is 256 g/mol. The van der Waals surface area contributed by atoms with Gasteiger partial charge >= 0.3 is 6.09 Å². The quantitative estimate of drug-likeness (QED) is 0.699. The molecule has 1 unspecified atom stereocenters. The fourth-order valence-corrected chi connectivity index (χ4v) is 2.72. The number of rotatable bonds is 7. The molecule has 0 aromatic rings. The molecule has 1 fully saturated rings. The van der Waals surface area contributed by atoms with Crippen molar-refractivity contribution < 1.29 is 14.3 Å². The lowest BCUT2D eigenvalue weighted by atomic mass is 9.86. The van der Waals surface area contributed by atoms with Crippen LogP contribution in [0.5, 0.6) is 0 Å². The van der Waals surface area contributed by atoms with E-state index in [4.69, 9.17) is 10.5 Å². The molecule has 2 atom stereocenters. The average molecular weight is 256 g/mol. The largest absolute Gasteiger partial charge is 0.444 e. The van der Waals surface area contributed by atoms with E-state index in [-0.39, 0.29) is 12.0 Å². The molecule has 0 aliphatic heterocycles. The lowest BCUT2D eigenvalue weighted by molar-refractivity contribution is -0.115. The molecule has 0 aromatic carbocycles. The van der Waals surface area contributed by atoms with Gasteiger partial charge in [-0.15, -0.1) is 0 Å². The van der Waals surface area contributed by atoms with Crippen LogP contribution in [-0.2, 0) is 9.53 Å². The van der Waals surface area contributed by atoms with E-state index in [2.05, 4.69) is 4.90 Å². The Morgan fingerprint density at radius 1 is 1.50 bits per heavy atom. The summed E-state index contributed by atoms with van der Waals surface area (Å²) in [6.45, 7) is 3.57. The predicted molar refractivity (Wildman–Crippen MR) is 69.1 cm³/mol. The zero-order chi connectivity index (χ0) is 13.9. The van der Waals surface area contributed by atoms with Crippen molar-refractivity contribution in [1.82, 2.24) is 4.90 Å². The number of primary amides is 1. The zero-order valence-corrected chi connectivity index (χ0v) is 11.7. The summed E-state index contributed by atoms with van der Waals surface area (Å²) in [5, 5.41) is 0. The first-order chi connectivity index (χ1) is 8.26. The molecule has 1 rings (SSSR count). The molecule has 18 heavy (non-hydrogen) atoms. The highest BCUT2D eigenvalue weighted by Gasteiger charge is 2.40. The van der Waals surface area contributed by atoms with Gasteiger partial charge in [0.05, 0.1) is 0 Å². The van der Waals surface area contributed by atoms with Gasteiger partial charge in [-0.1, -0.05) is 0 Å². The molecular formula is C13H24N2O3. The van der Waals surface area contributed by atoms with Gasteiger partial charge in [0.1, 0.15) is 11.9 Å². The van der Waals surface area contributed by atoms with Crippen molar-refractivity contribution in [3.63, 3.8) is 0 Å². The maximum absolute atomic E-state index is 11.3. The molecule has 0 aromatic heterocycles. The van der Waals surface area contributed by atoms with Gasteiger partial charge < -0.3 is 20.2 Å². The van der Waals surface area contributed by atoms with Crippen molar-refractivity contribution in [2.75, 3.05) is 14.1 Å². The highest BCUT2D eigenvalue weighted by atomic mass is 16.6. The summed E-state index contributed by atoms with van der Waals surface area (Å²) in [7, 11) is 3.98. The van der Waals surface area contributed by atoms with E-state index in [0.29, 0.717) is 12.3 Å². The second-order valence-corrected chi connectivity index (χ2v) is 5.98. The summed E-state index contributed by atoms with van der Waals surface area (Å²) in [5.41, 5.74) is 4.34. The number of ether oxygens (including phenoxy) is 1. The Hall–Kier alpha value is -1.10. The third-order valence-electron chi connectivity index (χ3n) is 3.42. The van der Waals surface area contributed by atoms with Crippen LogP contribution < -0.4 is 5.73 Å². The molecule has 0 radical (unpaired) electrons. The Morgan fingerprint density at radius 3 is 2.39 bits per heavy atom. The maximum Gasteiger partial charge on any atom is 0.405 e. The Morgan fingerprint density at radius 2 is 2.06 bits per heavy atom. The van der Waals surface area contributed by atoms with Crippen molar-refractivity contribution in [1.29, 1.82) is 0 Å². The minimum Gasteiger partial charge on any atom is -0.444 e. The molecule has 2 N–H and O–H groups in total. The van der Waals surface area contributed by atoms with Gasteiger partial charge in [0, 0.05) is 12.0 Å². The van der Waals surface area contributed by atoms with Crippen LogP contribution in [-0.4, -0.2) is 43.0 Å². The molecule has 1 amide bonds. The van der Waals surface area contributed by atoms with E-state index in [1.165, 1.54) is 12.8 Å². The van der Waals surface area contributed by atoms with Gasteiger partial charge in [0.25, 0.3) is 0 Å². The van der Waals surface area contributed by atoms with Gasteiger partial charge in [0.2, 0.25) is 0 Å². The topological polar surface area (TPSA) is 72.6 Å². The molecule has 0 spiro atoms. The molecule has 5 heteroatoms. The van der Waals surface area contributed by atoms with E-state index in [1.54, 1.807) is 13.8 Å². The molecule has 1 saturated carbocycles. The number of aldehydes is 1. The van der Waals surface area contributed by atoms with E-state index in [0.717, 1.165) is 6.29 Å². The number of carbonyl (C=O) groups excluding carboxylic acids is 2.